The molecular formula is C8H14N2O. The smallest absolute Gasteiger partial charge is 0.219 e. The van der Waals surface area contributed by atoms with E-state index in [4.69, 9.17) is 4.74 Å². The summed E-state index contributed by atoms with van der Waals surface area (Å²) in [5.41, 5.74) is 0.998. The van der Waals surface area contributed by atoms with E-state index >= 15 is 0 Å². The van der Waals surface area contributed by atoms with Crippen LogP contribution in [0.3, 0.4) is 0 Å². The van der Waals surface area contributed by atoms with Crippen molar-refractivity contribution in [3.8, 4) is 0 Å². The van der Waals surface area contributed by atoms with Crippen molar-refractivity contribution < 1.29 is 4.74 Å². The Morgan fingerprint density at radius 3 is 2.27 bits per heavy atom. The highest BCUT2D eigenvalue weighted by Gasteiger charge is 2.35. The van der Waals surface area contributed by atoms with Crippen molar-refractivity contribution in [1.29, 1.82) is 0 Å². The van der Waals surface area contributed by atoms with Crippen LogP contribution in [0, 0.1) is 5.41 Å². The van der Waals surface area contributed by atoms with Gasteiger partial charge in [0.25, 0.3) is 0 Å². The summed E-state index contributed by atoms with van der Waals surface area (Å²) in [6.07, 6.45) is 0.934. The van der Waals surface area contributed by atoms with E-state index in [2.05, 4.69) is 31.0 Å². The lowest BCUT2D eigenvalue weighted by molar-refractivity contribution is 0.361. The van der Waals surface area contributed by atoms with Gasteiger partial charge in [-0.1, -0.05) is 6.92 Å². The van der Waals surface area contributed by atoms with Crippen molar-refractivity contribution in [1.82, 2.24) is 0 Å². The molecule has 1 aliphatic heterocycles. The Morgan fingerprint density at radius 2 is 2.00 bits per heavy atom. The number of methoxy groups -OCH3 is 1. The third-order valence-corrected chi connectivity index (χ3v) is 2.05. The molecule has 0 bridgehead atoms. The monoisotopic (exact) mass is 154 g/mol. The molecule has 1 rings (SSSR count). The molecule has 3 nitrogen and oxygen atoms in total. The second-order valence-electron chi connectivity index (χ2n) is 3.13. The molecular weight excluding hydrogens is 140 g/mol. The largest absolute Gasteiger partial charge is 0.482 e. The SMILES string of the molecule is CCC1=NN=C(OC)C1(C)C. The molecule has 0 spiro atoms. The highest BCUT2D eigenvalue weighted by atomic mass is 16.5. The summed E-state index contributed by atoms with van der Waals surface area (Å²) in [4.78, 5) is 0. The molecule has 0 radical (unpaired) electrons. The lowest BCUT2D eigenvalue weighted by Gasteiger charge is -2.19. The molecule has 0 N–H and O–H groups in total. The second kappa shape index (κ2) is 2.64. The highest BCUT2D eigenvalue weighted by Crippen LogP contribution is 2.27. The van der Waals surface area contributed by atoms with E-state index in [1.807, 2.05) is 0 Å². The Morgan fingerprint density at radius 1 is 1.36 bits per heavy atom. The summed E-state index contributed by atoms with van der Waals surface area (Å²) in [5.74, 6) is 0.717. The van der Waals surface area contributed by atoms with Gasteiger partial charge < -0.3 is 4.74 Å². The maximum absolute atomic E-state index is 5.09. The molecule has 1 aliphatic rings. The van der Waals surface area contributed by atoms with Crippen LogP contribution < -0.4 is 0 Å². The fourth-order valence-electron chi connectivity index (χ4n) is 1.29. The van der Waals surface area contributed by atoms with Crippen LogP contribution in [0.25, 0.3) is 0 Å². The maximum atomic E-state index is 5.09. The zero-order valence-corrected chi connectivity index (χ0v) is 7.51. The van der Waals surface area contributed by atoms with Crippen LogP contribution in [0.2, 0.25) is 0 Å². The van der Waals surface area contributed by atoms with Gasteiger partial charge >= 0.3 is 0 Å². The van der Waals surface area contributed by atoms with Crippen LogP contribution in [-0.4, -0.2) is 18.7 Å². The minimum Gasteiger partial charge on any atom is -0.482 e. The summed E-state index contributed by atoms with van der Waals surface area (Å²) in [5, 5.41) is 7.98. The molecule has 0 amide bonds. The Bertz CT molecular complexity index is 194. The van der Waals surface area contributed by atoms with Crippen molar-refractivity contribution in [3.63, 3.8) is 0 Å². The van der Waals surface area contributed by atoms with Gasteiger partial charge in [-0.25, -0.2) is 0 Å². The van der Waals surface area contributed by atoms with Crippen molar-refractivity contribution in [3.05, 3.63) is 0 Å². The van der Waals surface area contributed by atoms with Crippen LogP contribution in [0.1, 0.15) is 27.2 Å². The van der Waals surface area contributed by atoms with Crippen LogP contribution >= 0.6 is 0 Å². The predicted molar refractivity (Wildman–Crippen MR) is 46.0 cm³/mol. The summed E-state index contributed by atoms with van der Waals surface area (Å²) in [6, 6.07) is 0. The van der Waals surface area contributed by atoms with E-state index in [1.165, 1.54) is 0 Å². The van der Waals surface area contributed by atoms with E-state index in [0.29, 0.717) is 5.90 Å². The third kappa shape index (κ3) is 1.15. The number of nitrogens with zero attached hydrogens (tertiary/aromatic N) is 2. The fourth-order valence-corrected chi connectivity index (χ4v) is 1.29. The minimum absolute atomic E-state index is 0.0938. The standard InChI is InChI=1S/C8H14N2O/c1-5-6-8(2,3)7(11-4)10-9-6/h5H2,1-4H3. The Hall–Kier alpha value is -0.860. The van der Waals surface area contributed by atoms with Crippen molar-refractivity contribution >= 4 is 11.6 Å². The van der Waals surface area contributed by atoms with Crippen LogP contribution in [0.4, 0.5) is 0 Å². The predicted octanol–water partition coefficient (Wildman–Crippen LogP) is 1.84. The first-order chi connectivity index (χ1) is 5.12. The number of rotatable bonds is 1. The molecule has 1 heterocycles. The zero-order valence-electron chi connectivity index (χ0n) is 7.51. The average molecular weight is 154 g/mol. The minimum atomic E-state index is -0.0938. The fraction of sp³-hybridized carbons (Fsp3) is 0.750. The first-order valence-corrected chi connectivity index (χ1v) is 3.82. The molecule has 11 heavy (non-hydrogen) atoms. The van der Waals surface area contributed by atoms with Crippen molar-refractivity contribution in [2.24, 2.45) is 15.6 Å². The topological polar surface area (TPSA) is 34.0 Å². The van der Waals surface area contributed by atoms with E-state index < -0.39 is 0 Å². The van der Waals surface area contributed by atoms with Gasteiger partial charge in [-0.3, -0.25) is 0 Å². The molecule has 0 saturated carbocycles. The lowest BCUT2D eigenvalue weighted by atomic mass is 9.86. The van der Waals surface area contributed by atoms with E-state index in [-0.39, 0.29) is 5.41 Å². The first kappa shape index (κ1) is 8.24. The number of hydrogen-bond acceptors (Lipinski definition) is 3. The molecule has 0 aromatic rings. The van der Waals surface area contributed by atoms with Gasteiger partial charge in [0.15, 0.2) is 0 Å². The Kier molecular flexibility index (Phi) is 1.98. The summed E-state index contributed by atoms with van der Waals surface area (Å²) in [7, 11) is 1.63. The van der Waals surface area contributed by atoms with Gasteiger partial charge in [0, 0.05) is 0 Å². The quantitative estimate of drug-likeness (QED) is 0.567. The number of hydrogen-bond donors (Lipinski definition) is 0. The van der Waals surface area contributed by atoms with Gasteiger partial charge in [-0.2, -0.15) is 5.10 Å². The van der Waals surface area contributed by atoms with Crippen LogP contribution in [-0.2, 0) is 4.74 Å². The van der Waals surface area contributed by atoms with Gasteiger partial charge in [-0.15, -0.1) is 5.10 Å². The molecule has 0 atom stereocenters. The highest BCUT2D eigenvalue weighted by molar-refractivity contribution is 6.10. The molecule has 0 saturated heterocycles. The van der Waals surface area contributed by atoms with Crippen molar-refractivity contribution in [2.75, 3.05) is 7.11 Å². The van der Waals surface area contributed by atoms with Crippen LogP contribution in [0.5, 0.6) is 0 Å². The molecule has 0 aromatic carbocycles. The Labute approximate surface area is 67.2 Å². The van der Waals surface area contributed by atoms with Crippen LogP contribution in [0.15, 0.2) is 10.2 Å². The summed E-state index contributed by atoms with van der Waals surface area (Å²) < 4.78 is 5.09. The van der Waals surface area contributed by atoms with Gasteiger partial charge in [0.05, 0.1) is 18.2 Å². The van der Waals surface area contributed by atoms with Gasteiger partial charge in [-0.05, 0) is 20.3 Å². The van der Waals surface area contributed by atoms with Gasteiger partial charge in [0.1, 0.15) is 0 Å². The molecule has 3 heteroatoms. The lowest BCUT2D eigenvalue weighted by Crippen LogP contribution is -2.30. The van der Waals surface area contributed by atoms with E-state index in [1.54, 1.807) is 7.11 Å². The zero-order chi connectivity index (χ0) is 8.48. The molecule has 62 valence electrons. The second-order valence-corrected chi connectivity index (χ2v) is 3.13. The molecule has 0 fully saturated rings. The maximum Gasteiger partial charge on any atom is 0.219 e. The molecule has 0 unspecified atom stereocenters. The summed E-state index contributed by atoms with van der Waals surface area (Å²) in [6.45, 7) is 6.23. The summed E-state index contributed by atoms with van der Waals surface area (Å²) >= 11 is 0. The van der Waals surface area contributed by atoms with E-state index in [9.17, 15) is 0 Å². The number of ether oxygens (including phenoxy) is 1. The third-order valence-electron chi connectivity index (χ3n) is 2.05. The normalized spacial score (nSPS) is 21.1. The first-order valence-electron chi connectivity index (χ1n) is 3.82. The molecule has 0 aromatic heterocycles. The Balaban J connectivity index is 2.85. The molecule has 0 aliphatic carbocycles. The van der Waals surface area contributed by atoms with Crippen molar-refractivity contribution in [2.45, 2.75) is 27.2 Å². The van der Waals surface area contributed by atoms with Gasteiger partial charge in [0.2, 0.25) is 5.90 Å². The average Bonchev–Trinajstić information content (AvgIpc) is 2.24. The van der Waals surface area contributed by atoms with E-state index in [0.717, 1.165) is 12.1 Å².